The van der Waals surface area contributed by atoms with Crippen molar-refractivity contribution in [2.45, 2.75) is 82.5 Å². The molecule has 0 aliphatic carbocycles. The van der Waals surface area contributed by atoms with Gasteiger partial charge < -0.3 is 28.4 Å². The first-order valence-corrected chi connectivity index (χ1v) is 7.89. The normalized spacial score (nSPS) is 49.2. The molecular formula is C16H24O6. The molecule has 0 radical (unpaired) electrons. The first-order valence-electron chi connectivity index (χ1n) is 7.89. The molecule has 4 aliphatic rings. The molecule has 0 aromatic heterocycles. The van der Waals surface area contributed by atoms with Crippen molar-refractivity contribution in [3.8, 4) is 0 Å². The van der Waals surface area contributed by atoms with Crippen molar-refractivity contribution in [3.63, 3.8) is 0 Å². The lowest BCUT2D eigenvalue weighted by Gasteiger charge is -2.39. The van der Waals surface area contributed by atoms with Crippen LogP contribution in [0.25, 0.3) is 0 Å². The van der Waals surface area contributed by atoms with Crippen molar-refractivity contribution in [2.75, 3.05) is 6.61 Å². The van der Waals surface area contributed by atoms with Gasteiger partial charge in [-0.2, -0.15) is 0 Å². The first-order chi connectivity index (χ1) is 10.2. The molecule has 6 nitrogen and oxygen atoms in total. The lowest BCUT2D eigenvalue weighted by molar-refractivity contribution is -0.253. The summed E-state index contributed by atoms with van der Waals surface area (Å²) in [6, 6.07) is 0. The average Bonchev–Trinajstić information content (AvgIpc) is 3.02. The van der Waals surface area contributed by atoms with Crippen LogP contribution in [0.3, 0.4) is 0 Å². The third-order valence-electron chi connectivity index (χ3n) is 4.55. The molecule has 0 aromatic carbocycles. The maximum absolute atomic E-state index is 6.17. The minimum absolute atomic E-state index is 0.0780. The van der Waals surface area contributed by atoms with Gasteiger partial charge in [-0.1, -0.05) is 6.58 Å². The maximum Gasteiger partial charge on any atom is 0.190 e. The summed E-state index contributed by atoms with van der Waals surface area (Å²) in [4.78, 5) is 0. The van der Waals surface area contributed by atoms with Crippen molar-refractivity contribution >= 4 is 0 Å². The Labute approximate surface area is 130 Å². The smallest absolute Gasteiger partial charge is 0.190 e. The van der Waals surface area contributed by atoms with Gasteiger partial charge in [-0.3, -0.25) is 0 Å². The molecule has 0 aromatic rings. The molecule has 4 heterocycles. The Kier molecular flexibility index (Phi) is 3.25. The number of hydrogen-bond donors (Lipinski definition) is 0. The molecule has 4 aliphatic heterocycles. The van der Waals surface area contributed by atoms with Crippen LogP contribution in [-0.2, 0) is 28.4 Å². The van der Waals surface area contributed by atoms with Gasteiger partial charge >= 0.3 is 0 Å². The highest BCUT2D eigenvalue weighted by Gasteiger charge is 2.62. The van der Waals surface area contributed by atoms with Crippen LogP contribution < -0.4 is 0 Å². The predicted molar refractivity (Wildman–Crippen MR) is 76.0 cm³/mol. The van der Waals surface area contributed by atoms with E-state index in [0.717, 1.165) is 12.0 Å². The lowest BCUT2D eigenvalue weighted by atomic mass is 9.94. The third-order valence-corrected chi connectivity index (χ3v) is 4.55. The largest absolute Gasteiger partial charge is 0.371 e. The monoisotopic (exact) mass is 312 g/mol. The van der Waals surface area contributed by atoms with E-state index < -0.39 is 17.9 Å². The molecule has 0 spiro atoms. The summed E-state index contributed by atoms with van der Waals surface area (Å²) < 4.78 is 36.0. The third kappa shape index (κ3) is 2.42. The predicted octanol–water partition coefficient (Wildman–Crippen LogP) is 1.73. The van der Waals surface area contributed by atoms with Crippen molar-refractivity contribution < 1.29 is 28.4 Å². The quantitative estimate of drug-likeness (QED) is 0.687. The van der Waals surface area contributed by atoms with E-state index in [1.807, 2.05) is 27.7 Å². The molecular weight excluding hydrogens is 288 g/mol. The van der Waals surface area contributed by atoms with Gasteiger partial charge in [0.2, 0.25) is 0 Å². The Bertz CT molecular complexity index is 487. The zero-order chi connectivity index (χ0) is 15.7. The summed E-state index contributed by atoms with van der Waals surface area (Å²) in [6.45, 7) is 12.2. The fraction of sp³-hybridized carbons (Fsp3) is 0.875. The summed E-state index contributed by atoms with van der Waals surface area (Å²) in [5.74, 6) is -1.36. The van der Waals surface area contributed by atoms with Crippen LogP contribution in [0.4, 0.5) is 0 Å². The Hall–Kier alpha value is -0.500. The topological polar surface area (TPSA) is 55.4 Å². The second kappa shape index (κ2) is 4.75. The Morgan fingerprint density at radius 1 is 0.864 bits per heavy atom. The van der Waals surface area contributed by atoms with E-state index in [1.54, 1.807) is 0 Å². The van der Waals surface area contributed by atoms with Gasteiger partial charge in [0.15, 0.2) is 17.9 Å². The molecule has 0 amide bonds. The number of fused-ring (bicyclic) bond motifs is 3. The highest BCUT2D eigenvalue weighted by atomic mass is 16.9. The summed E-state index contributed by atoms with van der Waals surface area (Å²) in [7, 11) is 0. The van der Waals surface area contributed by atoms with E-state index in [1.165, 1.54) is 0 Å². The van der Waals surface area contributed by atoms with E-state index in [4.69, 9.17) is 28.4 Å². The van der Waals surface area contributed by atoms with Crippen LogP contribution in [0.5, 0.6) is 0 Å². The molecule has 22 heavy (non-hydrogen) atoms. The molecule has 6 atom stereocenters. The van der Waals surface area contributed by atoms with Crippen LogP contribution in [0.2, 0.25) is 0 Å². The van der Waals surface area contributed by atoms with Gasteiger partial charge in [0.05, 0.1) is 12.7 Å². The van der Waals surface area contributed by atoms with Crippen molar-refractivity contribution in [3.05, 3.63) is 12.2 Å². The average molecular weight is 312 g/mol. The maximum atomic E-state index is 6.17. The Morgan fingerprint density at radius 3 is 2.09 bits per heavy atom. The second-order valence-electron chi connectivity index (χ2n) is 7.44. The lowest BCUT2D eigenvalue weighted by Crippen LogP contribution is -2.58. The molecule has 4 fully saturated rings. The molecule has 0 saturated carbocycles. The highest BCUT2D eigenvalue weighted by Crippen LogP contribution is 2.46. The Balaban J connectivity index is 1.62. The molecule has 0 bridgehead atoms. The van der Waals surface area contributed by atoms with Crippen LogP contribution in [-0.4, -0.2) is 55.0 Å². The van der Waals surface area contributed by atoms with Crippen LogP contribution in [0, 0.1) is 0 Å². The van der Waals surface area contributed by atoms with Crippen LogP contribution in [0.1, 0.15) is 34.1 Å². The fourth-order valence-electron chi connectivity index (χ4n) is 3.78. The van der Waals surface area contributed by atoms with Gasteiger partial charge in [-0.15, -0.1) is 0 Å². The minimum atomic E-state index is -0.689. The summed E-state index contributed by atoms with van der Waals surface area (Å²) >= 11 is 0. The number of hydrogen-bond acceptors (Lipinski definition) is 6. The van der Waals surface area contributed by atoms with Crippen molar-refractivity contribution in [1.29, 1.82) is 0 Å². The van der Waals surface area contributed by atoms with Gasteiger partial charge in [0.25, 0.3) is 0 Å². The van der Waals surface area contributed by atoms with E-state index in [2.05, 4.69) is 6.58 Å². The molecule has 0 N–H and O–H groups in total. The second-order valence-corrected chi connectivity index (χ2v) is 7.44. The zero-order valence-corrected chi connectivity index (χ0v) is 13.5. The van der Waals surface area contributed by atoms with E-state index >= 15 is 0 Å². The molecule has 4 rings (SSSR count). The van der Waals surface area contributed by atoms with Gasteiger partial charge in [-0.25, -0.2) is 0 Å². The zero-order valence-electron chi connectivity index (χ0n) is 13.5. The van der Waals surface area contributed by atoms with Gasteiger partial charge in [0, 0.05) is 0 Å². The highest BCUT2D eigenvalue weighted by molar-refractivity contribution is 5.09. The number of rotatable bonds is 1. The fourth-order valence-corrected chi connectivity index (χ4v) is 3.78. The van der Waals surface area contributed by atoms with E-state index in [0.29, 0.717) is 6.61 Å². The molecule has 4 saturated heterocycles. The summed E-state index contributed by atoms with van der Waals surface area (Å²) in [5.41, 5.74) is 1.08. The summed E-state index contributed by atoms with van der Waals surface area (Å²) in [5, 5.41) is 0. The van der Waals surface area contributed by atoms with Crippen molar-refractivity contribution in [2.24, 2.45) is 0 Å². The summed E-state index contributed by atoms with van der Waals surface area (Å²) in [6.07, 6.45) is -0.753. The molecule has 124 valence electrons. The number of ether oxygens (including phenoxy) is 6. The Morgan fingerprint density at radius 2 is 1.45 bits per heavy atom. The van der Waals surface area contributed by atoms with Gasteiger partial charge in [0.1, 0.15) is 24.4 Å². The SMILES string of the molecule is C=C1CO[C@@H]([C@H]2O[C@@H]3OC(C)(C)O[C@@H]3[C@H]3OC(C)(C)O[C@H]32)C1. The first kappa shape index (κ1) is 15.1. The van der Waals surface area contributed by atoms with Gasteiger partial charge in [-0.05, 0) is 39.7 Å². The van der Waals surface area contributed by atoms with Crippen LogP contribution >= 0.6 is 0 Å². The van der Waals surface area contributed by atoms with Crippen molar-refractivity contribution in [1.82, 2.24) is 0 Å². The molecule has 0 unspecified atom stereocenters. The molecule has 6 heteroatoms. The van der Waals surface area contributed by atoms with E-state index in [-0.39, 0.29) is 30.5 Å². The van der Waals surface area contributed by atoms with Crippen LogP contribution in [0.15, 0.2) is 12.2 Å². The standard InChI is InChI=1S/C16H24O6/c1-8-6-9(17-7-8)10-11-12(20-15(2,3)19-11)13-14(18-10)22-16(4,5)21-13/h9-14H,1,6-7H2,2-5H3/t9-,10-,11+,12+,13-,14-/m1/s1. The minimum Gasteiger partial charge on any atom is -0.371 e. The van der Waals surface area contributed by atoms with E-state index in [9.17, 15) is 0 Å².